The van der Waals surface area contributed by atoms with E-state index in [0.29, 0.717) is 22.7 Å². The number of aromatic nitrogens is 1. The Kier molecular flexibility index (Phi) is 4.87. The molecule has 90 valence electrons. The Morgan fingerprint density at radius 3 is 2.56 bits per heavy atom. The zero-order valence-corrected chi connectivity index (χ0v) is 10.9. The van der Waals surface area contributed by atoms with Gasteiger partial charge in [-0.05, 0) is 18.9 Å². The Balaban J connectivity index is 2.72. The van der Waals surface area contributed by atoms with Gasteiger partial charge in [0.15, 0.2) is 0 Å². The fraction of sp³-hybridized carbons (Fsp3) is 0.583. The first-order valence-electron chi connectivity index (χ1n) is 5.76. The van der Waals surface area contributed by atoms with Gasteiger partial charge in [-0.3, -0.25) is 0 Å². The monoisotopic (exact) mass is 241 g/mol. The van der Waals surface area contributed by atoms with E-state index < -0.39 is 0 Å². The van der Waals surface area contributed by atoms with Gasteiger partial charge in [-0.2, -0.15) is 0 Å². The molecule has 0 aromatic carbocycles. The highest BCUT2D eigenvalue weighted by molar-refractivity contribution is 6.33. The number of halogens is 1. The zero-order valence-electron chi connectivity index (χ0n) is 10.1. The Morgan fingerprint density at radius 2 is 2.06 bits per heavy atom. The second-order valence-corrected chi connectivity index (χ2v) is 4.52. The molecule has 0 radical (unpaired) electrons. The second kappa shape index (κ2) is 5.94. The van der Waals surface area contributed by atoms with Crippen molar-refractivity contribution in [2.75, 3.05) is 11.1 Å². The zero-order chi connectivity index (χ0) is 12.1. The predicted molar refractivity (Wildman–Crippen MR) is 70.8 cm³/mol. The molecule has 16 heavy (non-hydrogen) atoms. The van der Waals surface area contributed by atoms with Crippen LogP contribution >= 0.6 is 11.6 Å². The van der Waals surface area contributed by atoms with Gasteiger partial charge in [0.2, 0.25) is 0 Å². The maximum absolute atomic E-state index is 6.06. The lowest BCUT2D eigenvalue weighted by molar-refractivity contribution is 0.437. The van der Waals surface area contributed by atoms with E-state index in [4.69, 9.17) is 17.3 Å². The Morgan fingerprint density at radius 1 is 1.44 bits per heavy atom. The van der Waals surface area contributed by atoms with Gasteiger partial charge in [-0.1, -0.05) is 38.3 Å². The maximum atomic E-state index is 6.06. The van der Waals surface area contributed by atoms with Crippen LogP contribution in [0.1, 0.15) is 33.6 Å². The molecule has 3 nitrogen and oxygen atoms in total. The Labute approximate surface area is 102 Å². The van der Waals surface area contributed by atoms with Crippen molar-refractivity contribution in [3.05, 3.63) is 17.3 Å². The van der Waals surface area contributed by atoms with E-state index in [9.17, 15) is 0 Å². The van der Waals surface area contributed by atoms with Crippen molar-refractivity contribution < 1.29 is 0 Å². The molecule has 0 bridgehead atoms. The van der Waals surface area contributed by atoms with Crippen LogP contribution in [0.2, 0.25) is 5.02 Å². The van der Waals surface area contributed by atoms with Gasteiger partial charge in [0.05, 0.1) is 16.9 Å². The minimum absolute atomic E-state index is 0.364. The van der Waals surface area contributed by atoms with Gasteiger partial charge < -0.3 is 11.1 Å². The molecule has 0 amide bonds. The molecule has 1 aromatic heterocycles. The van der Waals surface area contributed by atoms with Gasteiger partial charge in [0.1, 0.15) is 5.82 Å². The average molecular weight is 242 g/mol. The fourth-order valence-electron chi connectivity index (χ4n) is 1.89. The van der Waals surface area contributed by atoms with Gasteiger partial charge in [-0.15, -0.1) is 0 Å². The first kappa shape index (κ1) is 13.1. The SMILES string of the molecule is CCC(CC)C(C)Nc1ncc(N)cc1Cl. The van der Waals surface area contributed by atoms with Crippen LogP contribution in [0.15, 0.2) is 12.3 Å². The van der Waals surface area contributed by atoms with Gasteiger partial charge in [-0.25, -0.2) is 4.98 Å². The molecular weight excluding hydrogens is 222 g/mol. The smallest absolute Gasteiger partial charge is 0.145 e. The molecule has 3 N–H and O–H groups in total. The van der Waals surface area contributed by atoms with Crippen LogP contribution in [0.25, 0.3) is 0 Å². The molecule has 0 aliphatic heterocycles. The molecule has 1 aromatic rings. The number of pyridine rings is 1. The number of nitrogens with two attached hydrogens (primary N) is 1. The van der Waals surface area contributed by atoms with E-state index in [2.05, 4.69) is 31.1 Å². The average Bonchev–Trinajstić information content (AvgIpc) is 2.24. The van der Waals surface area contributed by atoms with Crippen molar-refractivity contribution in [2.24, 2.45) is 5.92 Å². The number of anilines is 2. The van der Waals surface area contributed by atoms with Crippen molar-refractivity contribution in [1.82, 2.24) is 4.98 Å². The molecule has 1 atom stereocenters. The minimum Gasteiger partial charge on any atom is -0.397 e. The molecule has 1 rings (SSSR count). The molecule has 0 spiro atoms. The normalized spacial score (nSPS) is 12.8. The van der Waals surface area contributed by atoms with Gasteiger partial charge >= 0.3 is 0 Å². The van der Waals surface area contributed by atoms with E-state index in [1.165, 1.54) is 0 Å². The number of hydrogen-bond acceptors (Lipinski definition) is 3. The highest BCUT2D eigenvalue weighted by Crippen LogP contribution is 2.24. The van der Waals surface area contributed by atoms with Crippen molar-refractivity contribution in [3.63, 3.8) is 0 Å². The molecule has 0 saturated carbocycles. The lowest BCUT2D eigenvalue weighted by Gasteiger charge is -2.23. The van der Waals surface area contributed by atoms with Crippen LogP contribution in [0, 0.1) is 5.92 Å². The van der Waals surface area contributed by atoms with Crippen LogP contribution in [0.3, 0.4) is 0 Å². The van der Waals surface area contributed by atoms with Crippen LogP contribution < -0.4 is 11.1 Å². The first-order chi connectivity index (χ1) is 7.58. The summed E-state index contributed by atoms with van der Waals surface area (Å²) in [5, 5.41) is 3.92. The summed E-state index contributed by atoms with van der Waals surface area (Å²) in [5.74, 6) is 1.35. The van der Waals surface area contributed by atoms with Gasteiger partial charge in [0.25, 0.3) is 0 Å². The lowest BCUT2D eigenvalue weighted by Crippen LogP contribution is -2.25. The standard InChI is InChI=1S/C12H20ClN3/c1-4-9(5-2)8(3)16-12-11(13)6-10(14)7-15-12/h6-9H,4-5,14H2,1-3H3,(H,15,16). The maximum Gasteiger partial charge on any atom is 0.145 e. The quantitative estimate of drug-likeness (QED) is 0.829. The second-order valence-electron chi connectivity index (χ2n) is 4.11. The molecule has 1 unspecified atom stereocenters. The predicted octanol–water partition coefficient (Wildman–Crippen LogP) is 3.55. The van der Waals surface area contributed by atoms with Crippen molar-refractivity contribution in [2.45, 2.75) is 39.7 Å². The molecule has 4 heteroatoms. The largest absolute Gasteiger partial charge is 0.397 e. The van der Waals surface area contributed by atoms with Crippen molar-refractivity contribution in [3.8, 4) is 0 Å². The van der Waals surface area contributed by atoms with E-state index >= 15 is 0 Å². The summed E-state index contributed by atoms with van der Waals surface area (Å²) in [6.45, 7) is 6.56. The first-order valence-corrected chi connectivity index (χ1v) is 6.13. The summed E-state index contributed by atoms with van der Waals surface area (Å²) >= 11 is 6.06. The van der Waals surface area contributed by atoms with Gasteiger partial charge in [0, 0.05) is 6.04 Å². The highest BCUT2D eigenvalue weighted by Gasteiger charge is 2.14. The van der Waals surface area contributed by atoms with E-state index in [1.807, 2.05) is 0 Å². The van der Waals surface area contributed by atoms with Crippen LogP contribution in [-0.2, 0) is 0 Å². The summed E-state index contributed by atoms with van der Waals surface area (Å²) in [7, 11) is 0. The third-order valence-electron chi connectivity index (χ3n) is 2.98. The Hall–Kier alpha value is -0.960. The van der Waals surface area contributed by atoms with E-state index in [0.717, 1.165) is 18.7 Å². The topological polar surface area (TPSA) is 50.9 Å². The molecular formula is C12H20ClN3. The van der Waals surface area contributed by atoms with Crippen LogP contribution in [0.4, 0.5) is 11.5 Å². The highest BCUT2D eigenvalue weighted by atomic mass is 35.5. The molecule has 0 saturated heterocycles. The summed E-state index contributed by atoms with van der Waals surface area (Å²) < 4.78 is 0. The van der Waals surface area contributed by atoms with E-state index in [-0.39, 0.29) is 0 Å². The fourth-order valence-corrected chi connectivity index (χ4v) is 2.12. The number of hydrogen-bond donors (Lipinski definition) is 2. The summed E-state index contributed by atoms with van der Waals surface area (Å²) in [6, 6.07) is 2.08. The molecule has 0 aliphatic rings. The number of rotatable bonds is 5. The third kappa shape index (κ3) is 3.27. The summed E-state index contributed by atoms with van der Waals surface area (Å²) in [5.41, 5.74) is 6.18. The van der Waals surface area contributed by atoms with Crippen LogP contribution in [-0.4, -0.2) is 11.0 Å². The van der Waals surface area contributed by atoms with Crippen molar-refractivity contribution in [1.29, 1.82) is 0 Å². The van der Waals surface area contributed by atoms with Crippen LogP contribution in [0.5, 0.6) is 0 Å². The molecule has 0 aliphatic carbocycles. The molecule has 0 fully saturated rings. The minimum atomic E-state index is 0.364. The lowest BCUT2D eigenvalue weighted by atomic mass is 9.95. The Bertz CT molecular complexity index is 337. The number of nitrogen functional groups attached to an aromatic ring is 1. The van der Waals surface area contributed by atoms with E-state index in [1.54, 1.807) is 12.3 Å². The molecule has 1 heterocycles. The summed E-state index contributed by atoms with van der Waals surface area (Å²) in [4.78, 5) is 4.20. The van der Waals surface area contributed by atoms with Crippen molar-refractivity contribution >= 4 is 23.1 Å². The third-order valence-corrected chi connectivity index (χ3v) is 3.27. The number of nitrogens with zero attached hydrogens (tertiary/aromatic N) is 1. The summed E-state index contributed by atoms with van der Waals surface area (Å²) in [6.07, 6.45) is 3.92. The number of nitrogens with one attached hydrogen (secondary N) is 1.